The number of anilines is 2. The SMILES string of the molecule is CN1/C(=C/C2CC3(Oc4ccc([N+](=O)[O-])cc42)N(C)c2ccccc2C3(C)C)C(C)(C)c2ccccc21. The van der Waals surface area contributed by atoms with Crippen LogP contribution < -0.4 is 14.5 Å². The summed E-state index contributed by atoms with van der Waals surface area (Å²) in [7, 11) is 4.22. The van der Waals surface area contributed by atoms with Gasteiger partial charge in [0.25, 0.3) is 5.69 Å². The lowest BCUT2D eigenvalue weighted by Gasteiger charge is -2.50. The fourth-order valence-corrected chi connectivity index (χ4v) is 7.01. The van der Waals surface area contributed by atoms with E-state index in [1.54, 1.807) is 18.2 Å². The highest BCUT2D eigenvalue weighted by atomic mass is 16.6. The minimum atomic E-state index is -0.643. The first-order chi connectivity index (χ1) is 17.5. The van der Waals surface area contributed by atoms with Gasteiger partial charge in [0.15, 0.2) is 5.72 Å². The maximum Gasteiger partial charge on any atom is 0.269 e. The summed E-state index contributed by atoms with van der Waals surface area (Å²) in [6.45, 7) is 9.01. The second kappa shape index (κ2) is 7.60. The van der Waals surface area contributed by atoms with Crippen molar-refractivity contribution in [2.75, 3.05) is 23.9 Å². The van der Waals surface area contributed by atoms with Crippen LogP contribution in [0, 0.1) is 10.1 Å². The molecule has 6 nitrogen and oxygen atoms in total. The lowest BCUT2D eigenvalue weighted by atomic mass is 9.70. The van der Waals surface area contributed by atoms with Gasteiger partial charge in [0.2, 0.25) is 0 Å². The van der Waals surface area contributed by atoms with E-state index in [9.17, 15) is 10.1 Å². The molecule has 2 atom stereocenters. The molecule has 3 aromatic rings. The number of fused-ring (bicyclic) bond motifs is 3. The zero-order valence-electron chi connectivity index (χ0n) is 22.3. The van der Waals surface area contributed by atoms with Crippen LogP contribution >= 0.6 is 0 Å². The third-order valence-corrected chi connectivity index (χ3v) is 9.14. The summed E-state index contributed by atoms with van der Waals surface area (Å²) in [5.74, 6) is 0.633. The van der Waals surface area contributed by atoms with Crippen LogP contribution in [0.4, 0.5) is 17.1 Å². The predicted molar refractivity (Wildman–Crippen MR) is 148 cm³/mol. The van der Waals surface area contributed by atoms with E-state index < -0.39 is 5.72 Å². The van der Waals surface area contributed by atoms with Gasteiger partial charge < -0.3 is 14.5 Å². The number of allylic oxidation sites excluding steroid dienone is 2. The van der Waals surface area contributed by atoms with Crippen LogP contribution in [0.15, 0.2) is 78.5 Å². The van der Waals surface area contributed by atoms with Crippen LogP contribution in [0.3, 0.4) is 0 Å². The molecule has 0 amide bonds. The molecule has 37 heavy (non-hydrogen) atoms. The topological polar surface area (TPSA) is 58.9 Å². The number of non-ortho nitro benzene ring substituents is 1. The number of nitrogens with zero attached hydrogens (tertiary/aromatic N) is 3. The summed E-state index contributed by atoms with van der Waals surface area (Å²) in [4.78, 5) is 16.0. The highest BCUT2D eigenvalue weighted by molar-refractivity contribution is 5.71. The summed E-state index contributed by atoms with van der Waals surface area (Å²) in [5, 5.41) is 11.7. The Hall–Kier alpha value is -3.80. The Balaban J connectivity index is 1.54. The van der Waals surface area contributed by atoms with E-state index in [4.69, 9.17) is 4.74 Å². The molecule has 190 valence electrons. The Bertz CT molecular complexity index is 1470. The number of nitro groups is 1. The zero-order chi connectivity index (χ0) is 26.3. The average Bonchev–Trinajstić information content (AvgIpc) is 3.17. The van der Waals surface area contributed by atoms with E-state index in [2.05, 4.69) is 106 Å². The van der Waals surface area contributed by atoms with E-state index in [0.717, 1.165) is 11.3 Å². The first kappa shape index (κ1) is 23.6. The molecule has 0 saturated heterocycles. The number of ether oxygens (including phenoxy) is 1. The van der Waals surface area contributed by atoms with Gasteiger partial charge in [0.05, 0.1) is 10.3 Å². The first-order valence-electron chi connectivity index (χ1n) is 12.9. The van der Waals surface area contributed by atoms with Crippen molar-refractivity contribution in [2.24, 2.45) is 0 Å². The second-order valence-electron chi connectivity index (χ2n) is 11.6. The molecule has 0 saturated carbocycles. The molecule has 3 aromatic carbocycles. The molecule has 0 N–H and O–H groups in total. The molecule has 2 unspecified atom stereocenters. The highest BCUT2D eigenvalue weighted by Gasteiger charge is 2.60. The molecule has 0 fully saturated rings. The highest BCUT2D eigenvalue weighted by Crippen LogP contribution is 2.59. The van der Waals surface area contributed by atoms with Crippen molar-refractivity contribution in [3.8, 4) is 5.75 Å². The monoisotopic (exact) mass is 495 g/mol. The van der Waals surface area contributed by atoms with Crippen LogP contribution in [0.2, 0.25) is 0 Å². The van der Waals surface area contributed by atoms with Crippen molar-refractivity contribution >= 4 is 17.1 Å². The van der Waals surface area contributed by atoms with Gasteiger partial charge in [-0.1, -0.05) is 56.3 Å². The second-order valence-corrected chi connectivity index (χ2v) is 11.6. The van der Waals surface area contributed by atoms with E-state index in [-0.39, 0.29) is 27.4 Å². The summed E-state index contributed by atoms with van der Waals surface area (Å²) < 4.78 is 6.92. The molecule has 3 aliphatic heterocycles. The molecule has 0 bridgehead atoms. The quantitative estimate of drug-likeness (QED) is 0.286. The standard InChI is InChI=1S/C31H33N3O3/c1-29(2)23-11-7-9-13-25(23)32(5)28(29)17-20-19-31(37-27-16-15-21(34(35)36)18-22(20)27)30(3,4)24-12-8-10-14-26(24)33(31)6/h7-18,20H,19H2,1-6H3/b28-17+. The smallest absolute Gasteiger partial charge is 0.269 e. The van der Waals surface area contributed by atoms with Gasteiger partial charge >= 0.3 is 0 Å². The van der Waals surface area contributed by atoms with E-state index in [0.29, 0.717) is 12.2 Å². The van der Waals surface area contributed by atoms with Crippen molar-refractivity contribution in [3.63, 3.8) is 0 Å². The van der Waals surface area contributed by atoms with Crippen molar-refractivity contribution < 1.29 is 9.66 Å². The predicted octanol–water partition coefficient (Wildman–Crippen LogP) is 6.90. The molecule has 6 heteroatoms. The van der Waals surface area contributed by atoms with E-state index >= 15 is 0 Å². The fourth-order valence-electron chi connectivity index (χ4n) is 7.01. The number of benzene rings is 3. The van der Waals surface area contributed by atoms with Crippen molar-refractivity contribution in [2.45, 2.75) is 56.6 Å². The Kier molecular flexibility index (Phi) is 4.85. The maximum absolute atomic E-state index is 11.7. The minimum Gasteiger partial charge on any atom is -0.467 e. The molecular weight excluding hydrogens is 462 g/mol. The molecule has 3 heterocycles. The average molecular weight is 496 g/mol. The van der Waals surface area contributed by atoms with Crippen molar-refractivity contribution in [1.29, 1.82) is 0 Å². The summed E-state index contributed by atoms with van der Waals surface area (Å²) in [5.41, 5.74) is 5.90. The van der Waals surface area contributed by atoms with Gasteiger partial charge in [-0.2, -0.15) is 0 Å². The number of nitro benzene ring substituents is 1. The van der Waals surface area contributed by atoms with Gasteiger partial charge in [0.1, 0.15) is 5.75 Å². The Morgan fingerprint density at radius 2 is 1.59 bits per heavy atom. The molecule has 3 aliphatic rings. The van der Waals surface area contributed by atoms with Crippen LogP contribution in [0.25, 0.3) is 0 Å². The third kappa shape index (κ3) is 3.05. The Morgan fingerprint density at radius 3 is 2.24 bits per heavy atom. The van der Waals surface area contributed by atoms with Crippen LogP contribution in [-0.4, -0.2) is 24.7 Å². The lowest BCUT2D eigenvalue weighted by Crippen LogP contribution is -2.61. The summed E-state index contributed by atoms with van der Waals surface area (Å²) in [6, 6.07) is 22.0. The van der Waals surface area contributed by atoms with Gasteiger partial charge in [-0.25, -0.2) is 0 Å². The van der Waals surface area contributed by atoms with Gasteiger partial charge in [-0.05, 0) is 43.2 Å². The number of likely N-dealkylation sites (N-methyl/N-ethyl adjacent to an activating group) is 2. The van der Waals surface area contributed by atoms with Crippen molar-refractivity contribution in [1.82, 2.24) is 0 Å². The van der Waals surface area contributed by atoms with Crippen molar-refractivity contribution in [3.05, 3.63) is 105 Å². The Morgan fingerprint density at radius 1 is 0.946 bits per heavy atom. The van der Waals surface area contributed by atoms with Crippen LogP contribution in [0.5, 0.6) is 5.75 Å². The normalized spacial score (nSPS) is 25.6. The number of hydrogen-bond donors (Lipinski definition) is 0. The zero-order valence-corrected chi connectivity index (χ0v) is 22.3. The summed E-state index contributed by atoms with van der Waals surface area (Å²) >= 11 is 0. The first-order valence-corrected chi connectivity index (χ1v) is 12.9. The van der Waals surface area contributed by atoms with E-state index in [1.807, 2.05) is 0 Å². The number of rotatable bonds is 2. The third-order valence-electron chi connectivity index (χ3n) is 9.14. The fraction of sp³-hybridized carbons (Fsp3) is 0.355. The molecule has 0 aromatic heterocycles. The van der Waals surface area contributed by atoms with Gasteiger partial charge in [0, 0.05) is 66.6 Å². The molecule has 1 spiro atoms. The molecule has 6 rings (SSSR count). The Labute approximate surface area is 218 Å². The molecule has 0 aliphatic carbocycles. The molecule has 0 radical (unpaired) electrons. The van der Waals surface area contributed by atoms with Gasteiger partial charge in [-0.3, -0.25) is 10.1 Å². The minimum absolute atomic E-state index is 0.0780. The van der Waals surface area contributed by atoms with E-state index in [1.165, 1.54) is 22.5 Å². The van der Waals surface area contributed by atoms with Crippen LogP contribution in [0.1, 0.15) is 56.7 Å². The lowest BCUT2D eigenvalue weighted by molar-refractivity contribution is -0.385. The largest absolute Gasteiger partial charge is 0.467 e. The maximum atomic E-state index is 11.7. The number of hydrogen-bond acceptors (Lipinski definition) is 5. The van der Waals surface area contributed by atoms with Gasteiger partial charge in [-0.15, -0.1) is 0 Å². The number of para-hydroxylation sites is 2. The molecular formula is C31H33N3O3. The van der Waals surface area contributed by atoms with Crippen LogP contribution in [-0.2, 0) is 10.8 Å². The summed E-state index contributed by atoms with van der Waals surface area (Å²) in [6.07, 6.45) is 3.00.